The van der Waals surface area contributed by atoms with Crippen molar-refractivity contribution < 1.29 is 33.8 Å². The average Bonchev–Trinajstić information content (AvgIpc) is 2.97. The monoisotopic (exact) mass is 655 g/mol. The van der Waals surface area contributed by atoms with Crippen LogP contribution in [-0.4, -0.2) is 82.3 Å². The summed E-state index contributed by atoms with van der Waals surface area (Å²) in [7, 11) is 0. The van der Waals surface area contributed by atoms with Gasteiger partial charge in [-0.15, -0.1) is 0 Å². The lowest BCUT2D eigenvalue weighted by molar-refractivity contribution is -0.159. The first-order valence-corrected chi connectivity index (χ1v) is 16.7. The van der Waals surface area contributed by atoms with E-state index in [2.05, 4.69) is 17.2 Å². The van der Waals surface area contributed by atoms with Gasteiger partial charge in [-0.2, -0.15) is 11.8 Å². The molecule has 2 rings (SSSR count). The van der Waals surface area contributed by atoms with E-state index in [1.54, 1.807) is 71.9 Å². The minimum Gasteiger partial charge on any atom is -0.458 e. The van der Waals surface area contributed by atoms with Gasteiger partial charge in [0.1, 0.15) is 29.3 Å². The first-order chi connectivity index (χ1) is 21.6. The van der Waals surface area contributed by atoms with Crippen LogP contribution in [0, 0.1) is 0 Å². The predicted molar refractivity (Wildman–Crippen MR) is 182 cm³/mol. The molecule has 0 radical (unpaired) electrons. The fourth-order valence-electron chi connectivity index (χ4n) is 4.61. The molecule has 3 amide bonds. The molecule has 252 valence electrons. The Morgan fingerprint density at radius 3 is 2.15 bits per heavy atom. The smallest absolute Gasteiger partial charge is 0.408 e. The highest BCUT2D eigenvalue weighted by atomic mass is 32.2. The van der Waals surface area contributed by atoms with Gasteiger partial charge in [0.2, 0.25) is 11.8 Å². The Bertz CT molecular complexity index is 1320. The molecule has 2 aromatic carbocycles. The molecule has 3 N–H and O–H groups in total. The van der Waals surface area contributed by atoms with Gasteiger partial charge < -0.3 is 30.1 Å². The van der Waals surface area contributed by atoms with E-state index < -0.39 is 59.8 Å². The number of alkyl carbamates (subject to hydrolysis) is 1. The normalized spacial score (nSPS) is 13.5. The number of esters is 1. The van der Waals surface area contributed by atoms with E-state index in [9.17, 15) is 24.3 Å². The third-order valence-corrected chi connectivity index (χ3v) is 7.18. The van der Waals surface area contributed by atoms with Crippen molar-refractivity contribution >= 4 is 41.7 Å². The topological polar surface area (TPSA) is 134 Å². The molecule has 0 aliphatic rings. The maximum atomic E-state index is 14.3. The summed E-state index contributed by atoms with van der Waals surface area (Å²) in [6.45, 7) is 13.5. The molecule has 46 heavy (non-hydrogen) atoms. The van der Waals surface area contributed by atoms with Gasteiger partial charge in [-0.1, -0.05) is 61.2 Å². The number of aliphatic hydroxyl groups is 1. The van der Waals surface area contributed by atoms with E-state index in [4.69, 9.17) is 9.47 Å². The molecule has 0 saturated carbocycles. The van der Waals surface area contributed by atoms with Gasteiger partial charge in [0.15, 0.2) is 0 Å². The number of nitrogens with zero attached hydrogens (tertiary/aromatic N) is 1. The summed E-state index contributed by atoms with van der Waals surface area (Å²) in [5, 5.41) is 15.6. The zero-order valence-corrected chi connectivity index (χ0v) is 28.8. The van der Waals surface area contributed by atoms with Crippen LogP contribution in [-0.2, 0) is 30.3 Å². The SMILES string of the molecule is C=Cc1cccc(C(C(=O)NC(Cc2ccccc2)C(=O)OC(C)(C)C)N(CCO)C(=O)C(CCSC)NC(=O)OC(C)(C)C)c1. The number of benzene rings is 2. The highest BCUT2D eigenvalue weighted by molar-refractivity contribution is 7.98. The van der Waals surface area contributed by atoms with E-state index >= 15 is 0 Å². The Morgan fingerprint density at radius 2 is 1.59 bits per heavy atom. The summed E-state index contributed by atoms with van der Waals surface area (Å²) in [5.74, 6) is -1.35. The zero-order chi connectivity index (χ0) is 34.5. The minimum absolute atomic E-state index is 0.144. The number of rotatable bonds is 15. The highest BCUT2D eigenvalue weighted by Gasteiger charge is 2.38. The second kappa shape index (κ2) is 17.8. The quantitative estimate of drug-likeness (QED) is 0.231. The van der Waals surface area contributed by atoms with Crippen LogP contribution in [0.2, 0.25) is 0 Å². The maximum absolute atomic E-state index is 14.3. The van der Waals surface area contributed by atoms with Crippen molar-refractivity contribution in [3.63, 3.8) is 0 Å². The van der Waals surface area contributed by atoms with Crippen molar-refractivity contribution in [2.24, 2.45) is 0 Å². The molecule has 0 aliphatic carbocycles. The van der Waals surface area contributed by atoms with Crippen molar-refractivity contribution in [2.45, 2.75) is 83.7 Å². The standard InChI is InChI=1S/C35H49N3O7S/c1-9-24-16-13-17-26(22-24)29(30(40)36-28(32(42)44-34(2,3)4)23-25-14-11-10-12-15-25)38(19-20-39)31(41)27(18-21-46-8)37-33(43)45-35(5,6)7/h9-17,22,27-29,39H,1,18-21,23H2,2-8H3,(H,36,40)(H,37,43). The van der Waals surface area contributed by atoms with Gasteiger partial charge in [-0.3, -0.25) is 9.59 Å². The fraction of sp³-hybridized carbons (Fsp3) is 0.486. The van der Waals surface area contributed by atoms with Crippen molar-refractivity contribution in [1.29, 1.82) is 0 Å². The Kier molecular flexibility index (Phi) is 14.8. The van der Waals surface area contributed by atoms with Crippen LogP contribution in [0.25, 0.3) is 6.08 Å². The van der Waals surface area contributed by atoms with E-state index in [0.29, 0.717) is 16.9 Å². The first kappa shape index (κ1) is 38.4. The van der Waals surface area contributed by atoms with Crippen molar-refractivity contribution in [3.05, 3.63) is 77.9 Å². The molecule has 0 heterocycles. The van der Waals surface area contributed by atoms with Crippen molar-refractivity contribution in [2.75, 3.05) is 25.2 Å². The molecule has 0 bridgehead atoms. The van der Waals surface area contributed by atoms with Crippen LogP contribution in [0.1, 0.15) is 70.7 Å². The molecule has 3 atom stereocenters. The number of hydrogen-bond donors (Lipinski definition) is 3. The summed E-state index contributed by atoms with van der Waals surface area (Å²) < 4.78 is 11.1. The van der Waals surface area contributed by atoms with Gasteiger partial charge >= 0.3 is 12.1 Å². The Balaban J connectivity index is 2.60. The third-order valence-electron chi connectivity index (χ3n) is 6.54. The molecule has 3 unspecified atom stereocenters. The Hall–Kier alpha value is -3.83. The fourth-order valence-corrected chi connectivity index (χ4v) is 5.08. The van der Waals surface area contributed by atoms with Gasteiger partial charge in [0.25, 0.3) is 0 Å². The summed E-state index contributed by atoms with van der Waals surface area (Å²) in [6.07, 6.45) is 3.10. The number of amides is 3. The maximum Gasteiger partial charge on any atom is 0.408 e. The largest absolute Gasteiger partial charge is 0.458 e. The molecule has 0 fully saturated rings. The number of thioether (sulfide) groups is 1. The molecule has 10 nitrogen and oxygen atoms in total. The lowest BCUT2D eigenvalue weighted by Gasteiger charge is -2.35. The number of carbonyl (C=O) groups excluding carboxylic acids is 4. The lowest BCUT2D eigenvalue weighted by atomic mass is 9.99. The second-order valence-corrected chi connectivity index (χ2v) is 13.8. The number of hydrogen-bond acceptors (Lipinski definition) is 8. The minimum atomic E-state index is -1.28. The van der Waals surface area contributed by atoms with Gasteiger partial charge in [-0.05, 0) is 82.7 Å². The van der Waals surface area contributed by atoms with Crippen molar-refractivity contribution in [3.8, 4) is 0 Å². The van der Waals surface area contributed by atoms with Crippen LogP contribution < -0.4 is 10.6 Å². The van der Waals surface area contributed by atoms with E-state index in [0.717, 1.165) is 5.56 Å². The predicted octanol–water partition coefficient (Wildman–Crippen LogP) is 4.91. The Morgan fingerprint density at radius 1 is 0.935 bits per heavy atom. The number of aliphatic hydroxyl groups excluding tert-OH is 1. The Labute approximate surface area is 277 Å². The average molecular weight is 656 g/mol. The summed E-state index contributed by atoms with van der Waals surface area (Å²) in [5.41, 5.74) is 0.312. The molecule has 11 heteroatoms. The van der Waals surface area contributed by atoms with Crippen LogP contribution in [0.15, 0.2) is 61.2 Å². The molecule has 0 aromatic heterocycles. The molecule has 0 aliphatic heterocycles. The molecular formula is C35H49N3O7S. The first-order valence-electron chi connectivity index (χ1n) is 15.3. The van der Waals surface area contributed by atoms with Crippen LogP contribution in [0.5, 0.6) is 0 Å². The molecule has 2 aromatic rings. The number of carbonyl (C=O) groups is 4. The van der Waals surface area contributed by atoms with Gasteiger partial charge in [0.05, 0.1) is 6.61 Å². The van der Waals surface area contributed by atoms with Gasteiger partial charge in [0, 0.05) is 13.0 Å². The van der Waals surface area contributed by atoms with Crippen LogP contribution >= 0.6 is 11.8 Å². The molecule has 0 saturated heterocycles. The summed E-state index contributed by atoms with van der Waals surface area (Å²) in [6, 6.07) is 12.7. The second-order valence-electron chi connectivity index (χ2n) is 12.8. The van der Waals surface area contributed by atoms with Crippen LogP contribution in [0.3, 0.4) is 0 Å². The molecular weight excluding hydrogens is 606 g/mol. The summed E-state index contributed by atoms with van der Waals surface area (Å²) >= 11 is 1.49. The number of ether oxygens (including phenoxy) is 2. The lowest BCUT2D eigenvalue weighted by Crippen LogP contribution is -2.55. The van der Waals surface area contributed by atoms with E-state index in [1.807, 2.05) is 36.6 Å². The van der Waals surface area contributed by atoms with E-state index in [-0.39, 0.29) is 19.4 Å². The third kappa shape index (κ3) is 12.9. The highest BCUT2D eigenvalue weighted by Crippen LogP contribution is 2.25. The van der Waals surface area contributed by atoms with Gasteiger partial charge in [-0.25, -0.2) is 9.59 Å². The number of nitrogens with one attached hydrogen (secondary N) is 2. The zero-order valence-electron chi connectivity index (χ0n) is 28.0. The molecule has 0 spiro atoms. The van der Waals surface area contributed by atoms with E-state index in [1.165, 1.54) is 16.7 Å². The van der Waals surface area contributed by atoms with Crippen molar-refractivity contribution in [1.82, 2.24) is 15.5 Å². The summed E-state index contributed by atoms with van der Waals surface area (Å²) in [4.78, 5) is 56.0. The van der Waals surface area contributed by atoms with Crippen LogP contribution in [0.4, 0.5) is 4.79 Å².